The molecule has 1 aromatic rings. The van der Waals surface area contributed by atoms with Crippen LogP contribution in [0.2, 0.25) is 0 Å². The van der Waals surface area contributed by atoms with Gasteiger partial charge in [0.2, 0.25) is 5.91 Å². The third-order valence-corrected chi connectivity index (χ3v) is 5.82. The Morgan fingerprint density at radius 1 is 1.25 bits per heavy atom. The third-order valence-electron chi connectivity index (χ3n) is 5.82. The summed E-state index contributed by atoms with van der Waals surface area (Å²) in [7, 11) is 1.80. The first-order valence-corrected chi connectivity index (χ1v) is 9.23. The molecule has 0 unspecified atom stereocenters. The molecule has 3 rings (SSSR count). The molecular weight excluding hydrogens is 304 g/mol. The van der Waals surface area contributed by atoms with Crippen molar-refractivity contribution in [2.24, 2.45) is 18.4 Å². The molecule has 24 heavy (non-hydrogen) atoms. The molecule has 1 aromatic heterocycles. The van der Waals surface area contributed by atoms with E-state index in [1.807, 2.05) is 4.90 Å². The molecule has 6 nitrogen and oxygen atoms in total. The average Bonchev–Trinajstić information content (AvgIpc) is 3.17. The maximum absolute atomic E-state index is 13.2. The number of hydrogen-bond acceptors (Lipinski definition) is 4. The van der Waals surface area contributed by atoms with Gasteiger partial charge in [-0.25, -0.2) is 4.98 Å². The normalized spacial score (nSPS) is 23.0. The predicted molar refractivity (Wildman–Crippen MR) is 91.1 cm³/mol. The molecule has 1 aliphatic carbocycles. The van der Waals surface area contributed by atoms with E-state index in [0.29, 0.717) is 43.6 Å². The molecule has 0 radical (unpaired) electrons. The SMILES string of the molecule is CC(C)CC1(C(=O)N2CCC(O)(c3ncnn3C)CC2)CCCC1. The first-order chi connectivity index (χ1) is 11.4. The fourth-order valence-corrected chi connectivity index (χ4v) is 4.69. The Morgan fingerprint density at radius 3 is 2.38 bits per heavy atom. The first kappa shape index (κ1) is 17.4. The molecule has 134 valence electrons. The van der Waals surface area contributed by atoms with E-state index in [0.717, 1.165) is 32.1 Å². The molecule has 0 aromatic carbocycles. The highest BCUT2D eigenvalue weighted by Gasteiger charge is 2.46. The van der Waals surface area contributed by atoms with Crippen LogP contribution in [0.15, 0.2) is 6.33 Å². The molecule has 0 atom stereocenters. The summed E-state index contributed by atoms with van der Waals surface area (Å²) in [5, 5.41) is 15.0. The number of nitrogens with zero attached hydrogens (tertiary/aromatic N) is 4. The van der Waals surface area contributed by atoms with Crippen molar-refractivity contribution < 1.29 is 9.90 Å². The lowest BCUT2D eigenvalue weighted by Crippen LogP contribution is -2.50. The van der Waals surface area contributed by atoms with Crippen LogP contribution in [0.1, 0.15) is 64.6 Å². The van der Waals surface area contributed by atoms with Gasteiger partial charge in [-0.15, -0.1) is 0 Å². The number of hydrogen-bond donors (Lipinski definition) is 1. The van der Waals surface area contributed by atoms with Gasteiger partial charge in [0, 0.05) is 38.4 Å². The summed E-state index contributed by atoms with van der Waals surface area (Å²) < 4.78 is 1.63. The Labute approximate surface area is 144 Å². The van der Waals surface area contributed by atoms with Gasteiger partial charge in [0.05, 0.1) is 0 Å². The van der Waals surface area contributed by atoms with Crippen LogP contribution < -0.4 is 0 Å². The molecule has 1 N–H and O–H groups in total. The minimum atomic E-state index is -0.969. The van der Waals surface area contributed by atoms with E-state index in [4.69, 9.17) is 0 Å². The van der Waals surface area contributed by atoms with E-state index in [1.165, 1.54) is 6.33 Å². The van der Waals surface area contributed by atoms with Crippen molar-refractivity contribution in [3.63, 3.8) is 0 Å². The van der Waals surface area contributed by atoms with Crippen LogP contribution in [0.25, 0.3) is 0 Å². The van der Waals surface area contributed by atoms with Crippen LogP contribution in [0, 0.1) is 11.3 Å². The standard InChI is InChI=1S/C18H30N4O2/c1-14(2)12-17(6-4-5-7-17)16(23)22-10-8-18(24,9-11-22)15-19-13-20-21(15)3/h13-14,24H,4-12H2,1-3H3. The minimum Gasteiger partial charge on any atom is -0.382 e. The molecule has 1 aliphatic heterocycles. The number of amides is 1. The van der Waals surface area contributed by atoms with Crippen LogP contribution in [-0.4, -0.2) is 43.8 Å². The molecule has 6 heteroatoms. The lowest BCUT2D eigenvalue weighted by Gasteiger charge is -2.41. The second-order valence-corrected chi connectivity index (χ2v) is 8.12. The zero-order chi connectivity index (χ0) is 17.4. The van der Waals surface area contributed by atoms with E-state index in [1.54, 1.807) is 11.7 Å². The smallest absolute Gasteiger partial charge is 0.228 e. The second-order valence-electron chi connectivity index (χ2n) is 8.12. The summed E-state index contributed by atoms with van der Waals surface area (Å²) in [6, 6.07) is 0. The highest BCUT2D eigenvalue weighted by Crippen LogP contribution is 2.45. The molecule has 1 saturated carbocycles. The molecular formula is C18H30N4O2. The number of rotatable bonds is 4. The number of piperidine rings is 1. The molecule has 2 heterocycles. The lowest BCUT2D eigenvalue weighted by atomic mass is 9.76. The highest BCUT2D eigenvalue weighted by molar-refractivity contribution is 5.83. The molecule has 1 amide bonds. The van der Waals surface area contributed by atoms with Gasteiger partial charge >= 0.3 is 0 Å². The van der Waals surface area contributed by atoms with Gasteiger partial charge in [-0.1, -0.05) is 26.7 Å². The fraction of sp³-hybridized carbons (Fsp3) is 0.833. The summed E-state index contributed by atoms with van der Waals surface area (Å²) in [5.74, 6) is 1.45. The number of carbonyl (C=O) groups is 1. The average molecular weight is 334 g/mol. The Kier molecular flexibility index (Phi) is 4.69. The molecule has 2 fully saturated rings. The summed E-state index contributed by atoms with van der Waals surface area (Å²) >= 11 is 0. The maximum Gasteiger partial charge on any atom is 0.228 e. The number of aryl methyl sites for hydroxylation is 1. The molecule has 0 bridgehead atoms. The third kappa shape index (κ3) is 3.08. The summed E-state index contributed by atoms with van der Waals surface area (Å²) in [4.78, 5) is 19.4. The van der Waals surface area contributed by atoms with Crippen LogP contribution in [0.5, 0.6) is 0 Å². The van der Waals surface area contributed by atoms with Gasteiger partial charge in [-0.05, 0) is 25.2 Å². The number of aliphatic hydroxyl groups is 1. The molecule has 2 aliphatic rings. The van der Waals surface area contributed by atoms with E-state index >= 15 is 0 Å². The van der Waals surface area contributed by atoms with Crippen molar-refractivity contribution in [2.75, 3.05) is 13.1 Å². The van der Waals surface area contributed by atoms with Gasteiger partial charge < -0.3 is 10.0 Å². The van der Waals surface area contributed by atoms with Gasteiger partial charge in [0.25, 0.3) is 0 Å². The lowest BCUT2D eigenvalue weighted by molar-refractivity contribution is -0.148. The van der Waals surface area contributed by atoms with Crippen LogP contribution in [-0.2, 0) is 17.4 Å². The van der Waals surface area contributed by atoms with E-state index < -0.39 is 5.60 Å². The fourth-order valence-electron chi connectivity index (χ4n) is 4.69. The van der Waals surface area contributed by atoms with Crippen LogP contribution >= 0.6 is 0 Å². The zero-order valence-corrected chi connectivity index (χ0v) is 15.2. The van der Waals surface area contributed by atoms with Gasteiger partial charge in [0.1, 0.15) is 11.9 Å². The minimum absolute atomic E-state index is 0.158. The van der Waals surface area contributed by atoms with E-state index in [-0.39, 0.29) is 5.41 Å². The Balaban J connectivity index is 1.70. The van der Waals surface area contributed by atoms with Gasteiger partial charge in [0.15, 0.2) is 5.82 Å². The molecule has 1 saturated heterocycles. The highest BCUT2D eigenvalue weighted by atomic mass is 16.3. The quantitative estimate of drug-likeness (QED) is 0.916. The molecule has 0 spiro atoms. The van der Waals surface area contributed by atoms with Crippen molar-refractivity contribution in [3.8, 4) is 0 Å². The predicted octanol–water partition coefficient (Wildman–Crippen LogP) is 2.23. The topological polar surface area (TPSA) is 71.2 Å². The Hall–Kier alpha value is -1.43. The van der Waals surface area contributed by atoms with Crippen molar-refractivity contribution in [3.05, 3.63) is 12.2 Å². The van der Waals surface area contributed by atoms with Crippen molar-refractivity contribution in [1.82, 2.24) is 19.7 Å². The van der Waals surface area contributed by atoms with E-state index in [9.17, 15) is 9.90 Å². The number of likely N-dealkylation sites (tertiary alicyclic amines) is 1. The Bertz CT molecular complexity index is 582. The maximum atomic E-state index is 13.2. The zero-order valence-electron chi connectivity index (χ0n) is 15.2. The number of carbonyl (C=O) groups excluding carboxylic acids is 1. The summed E-state index contributed by atoms with van der Waals surface area (Å²) in [6.45, 7) is 5.61. The largest absolute Gasteiger partial charge is 0.382 e. The summed E-state index contributed by atoms with van der Waals surface area (Å²) in [6.07, 6.45) is 7.88. The van der Waals surface area contributed by atoms with Gasteiger partial charge in [-0.2, -0.15) is 5.10 Å². The second kappa shape index (κ2) is 6.47. The van der Waals surface area contributed by atoms with Crippen molar-refractivity contribution in [2.45, 2.75) is 64.4 Å². The van der Waals surface area contributed by atoms with Crippen LogP contribution in [0.3, 0.4) is 0 Å². The number of aromatic nitrogens is 3. The first-order valence-electron chi connectivity index (χ1n) is 9.23. The Morgan fingerprint density at radius 2 is 1.88 bits per heavy atom. The van der Waals surface area contributed by atoms with Crippen molar-refractivity contribution >= 4 is 5.91 Å². The van der Waals surface area contributed by atoms with Crippen LogP contribution in [0.4, 0.5) is 0 Å². The monoisotopic (exact) mass is 334 g/mol. The summed E-state index contributed by atoms with van der Waals surface area (Å²) in [5.41, 5.74) is -1.13. The van der Waals surface area contributed by atoms with Gasteiger partial charge in [-0.3, -0.25) is 9.48 Å². The van der Waals surface area contributed by atoms with Crippen molar-refractivity contribution in [1.29, 1.82) is 0 Å². The van der Waals surface area contributed by atoms with E-state index in [2.05, 4.69) is 23.9 Å².